The number of benzene rings is 1. The summed E-state index contributed by atoms with van der Waals surface area (Å²) in [5, 5.41) is 2.10. The van der Waals surface area contributed by atoms with Crippen molar-refractivity contribution in [3.8, 4) is 0 Å². The van der Waals surface area contributed by atoms with Crippen molar-refractivity contribution in [2.45, 2.75) is 25.8 Å². The maximum absolute atomic E-state index is 13.7. The van der Waals surface area contributed by atoms with Crippen LogP contribution in [-0.4, -0.2) is 9.55 Å². The third-order valence-electron chi connectivity index (χ3n) is 3.51. The molecule has 0 unspecified atom stereocenters. The highest BCUT2D eigenvalue weighted by Gasteiger charge is 2.14. The summed E-state index contributed by atoms with van der Waals surface area (Å²) in [7, 11) is 0. The molecule has 0 fully saturated rings. The Morgan fingerprint density at radius 3 is 2.95 bits per heavy atom. The predicted molar refractivity (Wildman–Crippen MR) is 89.7 cm³/mol. The van der Waals surface area contributed by atoms with Crippen molar-refractivity contribution in [3.63, 3.8) is 0 Å². The van der Waals surface area contributed by atoms with E-state index < -0.39 is 0 Å². The normalized spacial score (nSPS) is 11.4. The van der Waals surface area contributed by atoms with E-state index in [1.807, 2.05) is 0 Å². The molecule has 110 valence electrons. The van der Waals surface area contributed by atoms with Crippen molar-refractivity contribution >= 4 is 49.9 Å². The lowest BCUT2D eigenvalue weighted by Gasteiger charge is -2.08. The highest BCUT2D eigenvalue weighted by atomic mass is 79.9. The summed E-state index contributed by atoms with van der Waals surface area (Å²) in [6, 6.07) is 5.36. The fourth-order valence-corrected chi connectivity index (χ4v) is 3.91. The second kappa shape index (κ2) is 6.07. The second-order valence-corrected chi connectivity index (χ2v) is 6.85. The number of hydrogen-bond donors (Lipinski definition) is 0. The molecule has 0 amide bonds. The van der Waals surface area contributed by atoms with E-state index in [-0.39, 0.29) is 5.82 Å². The fourth-order valence-electron chi connectivity index (χ4n) is 2.41. The molecule has 0 atom stereocenters. The summed E-state index contributed by atoms with van der Waals surface area (Å²) < 4.78 is 16.2. The molecule has 2 aromatic heterocycles. The van der Waals surface area contributed by atoms with E-state index in [4.69, 9.17) is 11.6 Å². The molecule has 3 aromatic rings. The Morgan fingerprint density at radius 2 is 2.24 bits per heavy atom. The van der Waals surface area contributed by atoms with Crippen molar-refractivity contribution in [1.29, 1.82) is 0 Å². The number of nitrogens with zero attached hydrogens (tertiary/aromatic N) is 2. The average molecular weight is 388 g/mol. The third-order valence-corrected chi connectivity index (χ3v) is 5.30. The van der Waals surface area contributed by atoms with Crippen LogP contribution >= 0.6 is 38.9 Å². The van der Waals surface area contributed by atoms with Crippen LogP contribution in [-0.2, 0) is 18.8 Å². The minimum absolute atomic E-state index is 0.306. The number of alkyl halides is 1. The number of rotatable bonds is 4. The first kappa shape index (κ1) is 15.0. The van der Waals surface area contributed by atoms with E-state index in [0.717, 1.165) is 24.3 Å². The van der Waals surface area contributed by atoms with Gasteiger partial charge in [0.05, 0.1) is 27.9 Å². The Balaban J connectivity index is 2.14. The number of imidazole rings is 1. The monoisotopic (exact) mass is 386 g/mol. The van der Waals surface area contributed by atoms with Gasteiger partial charge in [0.15, 0.2) is 0 Å². The van der Waals surface area contributed by atoms with Gasteiger partial charge in [-0.15, -0.1) is 22.9 Å². The number of halogens is 3. The van der Waals surface area contributed by atoms with Crippen LogP contribution in [0.2, 0.25) is 0 Å². The molecule has 0 radical (unpaired) electrons. The van der Waals surface area contributed by atoms with Crippen LogP contribution in [0.25, 0.3) is 11.0 Å². The van der Waals surface area contributed by atoms with Gasteiger partial charge in [-0.3, -0.25) is 0 Å². The molecule has 0 bridgehead atoms. The summed E-state index contributed by atoms with van der Waals surface area (Å²) in [5.74, 6) is 0.763. The molecule has 6 heteroatoms. The van der Waals surface area contributed by atoms with E-state index in [1.54, 1.807) is 17.4 Å². The summed E-state index contributed by atoms with van der Waals surface area (Å²) in [6.45, 7) is 2.86. The number of aryl methyl sites for hydroxylation is 1. The lowest BCUT2D eigenvalue weighted by atomic mass is 10.2. The van der Waals surface area contributed by atoms with Gasteiger partial charge in [0.1, 0.15) is 11.6 Å². The first-order chi connectivity index (χ1) is 10.1. The number of thiophene rings is 1. The lowest BCUT2D eigenvalue weighted by molar-refractivity contribution is 0.622. The minimum atomic E-state index is -0.307. The van der Waals surface area contributed by atoms with Gasteiger partial charge >= 0.3 is 0 Å². The molecule has 21 heavy (non-hydrogen) atoms. The quantitative estimate of drug-likeness (QED) is 0.552. The molecule has 3 rings (SSSR count). The Hall–Kier alpha value is -0.910. The summed E-state index contributed by atoms with van der Waals surface area (Å²) >= 11 is 11.0. The lowest BCUT2D eigenvalue weighted by Crippen LogP contribution is -2.04. The van der Waals surface area contributed by atoms with Gasteiger partial charge in [-0.1, -0.05) is 6.92 Å². The molecule has 2 nitrogen and oxygen atoms in total. The molecule has 0 spiro atoms. The second-order valence-electron chi connectivity index (χ2n) is 4.73. The van der Waals surface area contributed by atoms with Gasteiger partial charge in [-0.25, -0.2) is 9.37 Å². The van der Waals surface area contributed by atoms with Gasteiger partial charge in [0.2, 0.25) is 0 Å². The first-order valence-electron chi connectivity index (χ1n) is 6.59. The van der Waals surface area contributed by atoms with Crippen LogP contribution in [0.1, 0.15) is 23.2 Å². The van der Waals surface area contributed by atoms with Gasteiger partial charge < -0.3 is 4.57 Å². The van der Waals surface area contributed by atoms with Crippen molar-refractivity contribution < 1.29 is 4.39 Å². The van der Waals surface area contributed by atoms with Gasteiger partial charge in [-0.2, -0.15) is 0 Å². The molecule has 0 aliphatic carbocycles. The molecule has 0 aliphatic heterocycles. The highest BCUT2D eigenvalue weighted by Crippen LogP contribution is 2.27. The topological polar surface area (TPSA) is 17.8 Å². The van der Waals surface area contributed by atoms with Gasteiger partial charge in [0.25, 0.3) is 0 Å². The predicted octanol–water partition coefficient (Wildman–Crippen LogP) is 5.35. The molecule has 0 saturated heterocycles. The van der Waals surface area contributed by atoms with Gasteiger partial charge in [-0.05, 0) is 45.4 Å². The Morgan fingerprint density at radius 1 is 1.43 bits per heavy atom. The zero-order valence-electron chi connectivity index (χ0n) is 11.4. The molecule has 2 heterocycles. The Kier molecular flexibility index (Phi) is 4.33. The van der Waals surface area contributed by atoms with Crippen LogP contribution in [0.3, 0.4) is 0 Å². The maximum Gasteiger partial charge on any atom is 0.139 e. The van der Waals surface area contributed by atoms with Crippen LogP contribution < -0.4 is 0 Å². The highest BCUT2D eigenvalue weighted by molar-refractivity contribution is 9.10. The van der Waals surface area contributed by atoms with E-state index >= 15 is 0 Å². The molecule has 0 N–H and O–H groups in total. The molecule has 0 aliphatic rings. The number of aromatic nitrogens is 2. The molecular weight excluding hydrogens is 375 g/mol. The van der Waals surface area contributed by atoms with E-state index in [9.17, 15) is 4.39 Å². The summed E-state index contributed by atoms with van der Waals surface area (Å²) in [6.07, 6.45) is 1.000. The zero-order chi connectivity index (χ0) is 15.0. The van der Waals surface area contributed by atoms with Crippen molar-refractivity contribution in [1.82, 2.24) is 9.55 Å². The molecule has 0 saturated carbocycles. The van der Waals surface area contributed by atoms with Crippen LogP contribution in [0.5, 0.6) is 0 Å². The largest absolute Gasteiger partial charge is 0.322 e. The molecule has 1 aromatic carbocycles. The Labute approximate surface area is 139 Å². The van der Waals surface area contributed by atoms with Gasteiger partial charge in [0, 0.05) is 10.9 Å². The average Bonchev–Trinajstić information content (AvgIpc) is 3.05. The summed E-state index contributed by atoms with van der Waals surface area (Å²) in [4.78, 5) is 5.74. The van der Waals surface area contributed by atoms with E-state index in [1.165, 1.54) is 16.5 Å². The van der Waals surface area contributed by atoms with Crippen molar-refractivity contribution in [3.05, 3.63) is 50.1 Å². The fraction of sp³-hybridized carbons (Fsp3) is 0.267. The van der Waals surface area contributed by atoms with E-state index in [2.05, 4.69) is 43.9 Å². The third kappa shape index (κ3) is 2.74. The van der Waals surface area contributed by atoms with Crippen LogP contribution in [0.15, 0.2) is 28.1 Å². The number of hydrogen-bond acceptors (Lipinski definition) is 2. The van der Waals surface area contributed by atoms with Crippen molar-refractivity contribution in [2.24, 2.45) is 0 Å². The standard InChI is InChI=1S/C15H13BrClFN2S/c1-2-9-3-4-21-14(9)8-20-13-5-10(16)11(18)6-12(13)19-15(20)7-17/h3-6H,2,7-8H2,1H3. The molecular formula is C15H13BrClFN2S. The van der Waals surface area contributed by atoms with Crippen LogP contribution in [0.4, 0.5) is 4.39 Å². The SMILES string of the molecule is CCc1ccsc1Cn1c(CCl)nc2cc(F)c(Br)cc21. The Bertz CT molecular complexity index is 796. The number of fused-ring (bicyclic) bond motifs is 1. The first-order valence-corrected chi connectivity index (χ1v) is 8.80. The van der Waals surface area contributed by atoms with Crippen LogP contribution in [0, 0.1) is 5.82 Å². The smallest absolute Gasteiger partial charge is 0.139 e. The zero-order valence-corrected chi connectivity index (χ0v) is 14.5. The maximum atomic E-state index is 13.7. The minimum Gasteiger partial charge on any atom is -0.322 e. The van der Waals surface area contributed by atoms with E-state index in [0.29, 0.717) is 15.9 Å². The van der Waals surface area contributed by atoms with Crippen molar-refractivity contribution in [2.75, 3.05) is 0 Å². The summed E-state index contributed by atoms with van der Waals surface area (Å²) in [5.41, 5.74) is 2.87.